The van der Waals surface area contributed by atoms with Gasteiger partial charge in [-0.25, -0.2) is 8.42 Å². The van der Waals surface area contributed by atoms with E-state index >= 15 is 0 Å². The Morgan fingerprint density at radius 3 is 2.62 bits per heavy atom. The molecule has 0 amide bonds. The lowest BCUT2D eigenvalue weighted by atomic mass is 9.65. The van der Waals surface area contributed by atoms with Gasteiger partial charge in [0.15, 0.2) is 0 Å². The van der Waals surface area contributed by atoms with Crippen LogP contribution in [0.15, 0.2) is 29.2 Å². The van der Waals surface area contributed by atoms with Crippen LogP contribution in [-0.2, 0) is 10.0 Å². The maximum absolute atomic E-state index is 13.0. The molecule has 1 saturated carbocycles. The van der Waals surface area contributed by atoms with Gasteiger partial charge in [-0.05, 0) is 48.3 Å². The third-order valence-electron chi connectivity index (χ3n) is 4.83. The molecule has 1 heterocycles. The Bertz CT molecular complexity index is 669. The molecule has 2 bridgehead atoms. The normalized spacial score (nSPS) is 32.2. The predicted molar refractivity (Wildman–Crippen MR) is 84.3 cm³/mol. The lowest BCUT2D eigenvalue weighted by Gasteiger charge is -2.39. The Hall–Kier alpha value is -1.07. The molecule has 0 unspecified atom stereocenters. The molecule has 0 aromatic heterocycles. The topological polar surface area (TPSA) is 63.4 Å². The molecule has 0 spiro atoms. The zero-order valence-corrected chi connectivity index (χ0v) is 13.8. The third-order valence-corrected chi connectivity index (χ3v) is 6.73. The number of hydrogen-bond donors (Lipinski definition) is 1. The number of nitrogens with two attached hydrogens (primary N) is 1. The number of fused-ring (bicyclic) bond motifs is 2. The van der Waals surface area contributed by atoms with Crippen molar-refractivity contribution < 1.29 is 8.42 Å². The van der Waals surface area contributed by atoms with Gasteiger partial charge >= 0.3 is 0 Å². The molecule has 1 saturated heterocycles. The Morgan fingerprint density at radius 1 is 1.24 bits per heavy atom. The maximum atomic E-state index is 13.0. The molecule has 2 N–H and O–H groups in total. The fraction of sp³-hybridized carbons (Fsp3) is 0.625. The third kappa shape index (κ3) is 2.57. The number of hydrogen-bond acceptors (Lipinski definition) is 3. The van der Waals surface area contributed by atoms with Crippen LogP contribution in [0.25, 0.3) is 0 Å². The SMILES string of the molecule is CC1(C)C[C@H]2C[C@@](C)(CN2S(=O)(=O)c2cccc(N)c2)C1. The Labute approximate surface area is 127 Å². The average Bonchev–Trinajstić information content (AvgIpc) is 2.59. The molecule has 5 heteroatoms. The molecule has 1 aliphatic heterocycles. The fourth-order valence-electron chi connectivity index (χ4n) is 4.50. The van der Waals surface area contributed by atoms with Crippen LogP contribution in [0.2, 0.25) is 0 Å². The number of rotatable bonds is 2. The summed E-state index contributed by atoms with van der Waals surface area (Å²) in [5.41, 5.74) is 6.54. The maximum Gasteiger partial charge on any atom is 0.243 e. The molecule has 0 radical (unpaired) electrons. The summed E-state index contributed by atoms with van der Waals surface area (Å²) in [5, 5.41) is 0. The summed E-state index contributed by atoms with van der Waals surface area (Å²) in [4.78, 5) is 0.316. The van der Waals surface area contributed by atoms with Gasteiger partial charge < -0.3 is 5.73 Å². The van der Waals surface area contributed by atoms with Crippen molar-refractivity contribution >= 4 is 15.7 Å². The highest BCUT2D eigenvalue weighted by molar-refractivity contribution is 7.89. The van der Waals surface area contributed by atoms with E-state index in [4.69, 9.17) is 5.73 Å². The molecule has 1 aromatic carbocycles. The summed E-state index contributed by atoms with van der Waals surface area (Å²) >= 11 is 0. The molecule has 116 valence electrons. The number of anilines is 1. The zero-order chi connectivity index (χ0) is 15.5. The van der Waals surface area contributed by atoms with Gasteiger partial charge in [-0.3, -0.25) is 0 Å². The van der Waals surface area contributed by atoms with E-state index in [-0.39, 0.29) is 16.9 Å². The molecule has 3 rings (SSSR count). The van der Waals surface area contributed by atoms with E-state index in [1.54, 1.807) is 28.6 Å². The summed E-state index contributed by atoms with van der Waals surface area (Å²) in [7, 11) is -3.45. The van der Waals surface area contributed by atoms with E-state index in [0.29, 0.717) is 17.1 Å². The van der Waals surface area contributed by atoms with Gasteiger partial charge in [0.1, 0.15) is 0 Å². The van der Waals surface area contributed by atoms with E-state index < -0.39 is 10.0 Å². The first-order valence-corrected chi connectivity index (χ1v) is 8.93. The van der Waals surface area contributed by atoms with Gasteiger partial charge in [-0.15, -0.1) is 0 Å². The number of sulfonamides is 1. The highest BCUT2D eigenvalue weighted by Crippen LogP contribution is 2.53. The van der Waals surface area contributed by atoms with Gasteiger partial charge in [-0.1, -0.05) is 26.8 Å². The minimum Gasteiger partial charge on any atom is -0.399 e. The summed E-state index contributed by atoms with van der Waals surface area (Å²) in [6.45, 7) is 7.33. The fourth-order valence-corrected chi connectivity index (χ4v) is 6.33. The van der Waals surface area contributed by atoms with Crippen LogP contribution < -0.4 is 5.73 Å². The first kappa shape index (κ1) is 14.9. The first-order chi connectivity index (χ1) is 9.61. The van der Waals surface area contributed by atoms with Crippen LogP contribution >= 0.6 is 0 Å². The quantitative estimate of drug-likeness (QED) is 0.855. The molecule has 4 nitrogen and oxygen atoms in total. The number of benzene rings is 1. The van der Waals surface area contributed by atoms with Crippen molar-refractivity contribution in [2.75, 3.05) is 12.3 Å². The van der Waals surface area contributed by atoms with Crippen molar-refractivity contribution in [1.82, 2.24) is 4.31 Å². The van der Waals surface area contributed by atoms with E-state index in [9.17, 15) is 8.42 Å². The monoisotopic (exact) mass is 308 g/mol. The summed E-state index contributed by atoms with van der Waals surface area (Å²) in [6.07, 6.45) is 2.99. The predicted octanol–water partition coefficient (Wildman–Crippen LogP) is 2.86. The Balaban J connectivity index is 1.98. The highest BCUT2D eigenvalue weighted by atomic mass is 32.2. The standard InChI is InChI=1S/C16H24N2O2S/c1-15(2)8-13-9-16(3,10-15)11-18(13)21(19,20)14-6-4-5-12(17)7-14/h4-7,13H,8-11,17H2,1-3H3/t13-,16+/m0/s1. The van der Waals surface area contributed by atoms with Crippen LogP contribution in [0.3, 0.4) is 0 Å². The van der Waals surface area contributed by atoms with Gasteiger partial charge in [0.25, 0.3) is 0 Å². The summed E-state index contributed by atoms with van der Waals surface area (Å²) < 4.78 is 27.6. The van der Waals surface area contributed by atoms with E-state index in [1.807, 2.05) is 0 Å². The molecule has 1 aliphatic carbocycles. The molecule has 1 aromatic rings. The van der Waals surface area contributed by atoms with Gasteiger partial charge in [0, 0.05) is 18.3 Å². The molecule has 2 atom stereocenters. The van der Waals surface area contributed by atoms with Crippen LogP contribution in [0.4, 0.5) is 5.69 Å². The van der Waals surface area contributed by atoms with Gasteiger partial charge in [-0.2, -0.15) is 4.31 Å². The summed E-state index contributed by atoms with van der Waals surface area (Å²) in [5.74, 6) is 0. The van der Waals surface area contributed by atoms with Crippen molar-refractivity contribution in [2.45, 2.75) is 51.0 Å². The lowest BCUT2D eigenvalue weighted by Crippen LogP contribution is -2.37. The smallest absolute Gasteiger partial charge is 0.243 e. The second-order valence-corrected chi connectivity index (χ2v) is 9.73. The van der Waals surface area contributed by atoms with E-state index in [1.165, 1.54) is 0 Å². The largest absolute Gasteiger partial charge is 0.399 e. The average molecular weight is 308 g/mol. The van der Waals surface area contributed by atoms with Gasteiger partial charge in [0.2, 0.25) is 10.0 Å². The molecular weight excluding hydrogens is 284 g/mol. The minimum atomic E-state index is -3.45. The van der Waals surface area contributed by atoms with E-state index in [0.717, 1.165) is 19.3 Å². The van der Waals surface area contributed by atoms with Crippen molar-refractivity contribution in [3.8, 4) is 0 Å². The number of nitrogen functional groups attached to an aromatic ring is 1. The first-order valence-electron chi connectivity index (χ1n) is 7.49. The van der Waals surface area contributed by atoms with Crippen molar-refractivity contribution in [3.63, 3.8) is 0 Å². The van der Waals surface area contributed by atoms with Crippen LogP contribution in [-0.4, -0.2) is 25.3 Å². The Kier molecular flexibility index (Phi) is 3.16. The van der Waals surface area contributed by atoms with Crippen LogP contribution in [0, 0.1) is 10.8 Å². The highest BCUT2D eigenvalue weighted by Gasteiger charge is 2.53. The second-order valence-electron chi connectivity index (χ2n) is 7.84. The van der Waals surface area contributed by atoms with Crippen LogP contribution in [0.1, 0.15) is 40.0 Å². The molecule has 2 aliphatic rings. The minimum absolute atomic E-state index is 0.0970. The van der Waals surface area contributed by atoms with Gasteiger partial charge in [0.05, 0.1) is 4.90 Å². The van der Waals surface area contributed by atoms with Crippen LogP contribution in [0.5, 0.6) is 0 Å². The molecule has 21 heavy (non-hydrogen) atoms. The summed E-state index contributed by atoms with van der Waals surface area (Å²) in [6, 6.07) is 6.74. The Morgan fingerprint density at radius 2 is 1.95 bits per heavy atom. The molecule has 2 fully saturated rings. The zero-order valence-electron chi connectivity index (χ0n) is 13.0. The number of nitrogens with zero attached hydrogens (tertiary/aromatic N) is 1. The van der Waals surface area contributed by atoms with E-state index in [2.05, 4.69) is 20.8 Å². The van der Waals surface area contributed by atoms with Crippen molar-refractivity contribution in [2.24, 2.45) is 10.8 Å². The lowest BCUT2D eigenvalue weighted by molar-refractivity contribution is 0.133. The van der Waals surface area contributed by atoms with Crippen molar-refractivity contribution in [1.29, 1.82) is 0 Å². The van der Waals surface area contributed by atoms with Crippen molar-refractivity contribution in [3.05, 3.63) is 24.3 Å². The molecular formula is C16H24N2O2S. The second kappa shape index (κ2) is 4.46.